The highest BCUT2D eigenvalue weighted by Crippen LogP contribution is 2.28. The normalized spacial score (nSPS) is 10.5. The van der Waals surface area contributed by atoms with E-state index in [0.717, 1.165) is 0 Å². The summed E-state index contributed by atoms with van der Waals surface area (Å²) in [6.07, 6.45) is 0.0737. The Morgan fingerprint density at radius 2 is 1.73 bits per heavy atom. The second-order valence-electron chi connectivity index (χ2n) is 4.81. The number of rotatable bonds is 4. The van der Waals surface area contributed by atoms with E-state index in [4.69, 9.17) is 23.2 Å². The van der Waals surface area contributed by atoms with E-state index < -0.39 is 11.9 Å². The number of carboxylic acid groups (broad SMARTS) is 2. The Kier molecular flexibility index (Phi) is 4.74. The van der Waals surface area contributed by atoms with Crippen molar-refractivity contribution in [2.24, 2.45) is 0 Å². The number of benzene rings is 2. The molecule has 0 aromatic heterocycles. The fourth-order valence-electron chi connectivity index (χ4n) is 2.32. The number of carbonyl (C=O) groups is 2. The molecule has 2 aromatic rings. The second-order valence-corrected chi connectivity index (χ2v) is 5.65. The third-order valence-corrected chi connectivity index (χ3v) is 3.94. The van der Waals surface area contributed by atoms with Gasteiger partial charge >= 0.3 is 11.9 Å². The molecule has 2 aromatic carbocycles. The van der Waals surface area contributed by atoms with Crippen molar-refractivity contribution >= 4 is 35.1 Å². The summed E-state index contributed by atoms with van der Waals surface area (Å²) in [5.74, 6) is -2.36. The first-order valence-electron chi connectivity index (χ1n) is 6.34. The maximum atomic E-state index is 11.5. The average molecular weight is 339 g/mol. The van der Waals surface area contributed by atoms with Crippen LogP contribution in [0.2, 0.25) is 10.0 Å². The predicted molar refractivity (Wildman–Crippen MR) is 84.4 cm³/mol. The molecule has 2 rings (SSSR count). The van der Waals surface area contributed by atoms with Gasteiger partial charge in [-0.1, -0.05) is 29.3 Å². The van der Waals surface area contributed by atoms with E-state index in [1.165, 1.54) is 12.1 Å². The highest BCUT2D eigenvalue weighted by atomic mass is 35.5. The van der Waals surface area contributed by atoms with E-state index in [1.54, 1.807) is 25.1 Å². The summed E-state index contributed by atoms with van der Waals surface area (Å²) in [6, 6.07) is 7.69. The highest BCUT2D eigenvalue weighted by molar-refractivity contribution is 6.33. The summed E-state index contributed by atoms with van der Waals surface area (Å²) >= 11 is 12.0. The van der Waals surface area contributed by atoms with Crippen molar-refractivity contribution in [1.29, 1.82) is 0 Å². The Bertz CT molecular complexity index is 769. The van der Waals surface area contributed by atoms with Gasteiger partial charge in [0, 0.05) is 16.5 Å². The van der Waals surface area contributed by atoms with Crippen molar-refractivity contribution in [3.05, 3.63) is 68.2 Å². The molecule has 4 nitrogen and oxygen atoms in total. The minimum atomic E-state index is -1.18. The van der Waals surface area contributed by atoms with Crippen LogP contribution >= 0.6 is 23.2 Å². The molecule has 0 aliphatic rings. The van der Waals surface area contributed by atoms with Crippen molar-refractivity contribution in [1.82, 2.24) is 0 Å². The lowest BCUT2D eigenvalue weighted by atomic mass is 9.91. The lowest BCUT2D eigenvalue weighted by molar-refractivity contribution is 0.0695. The van der Waals surface area contributed by atoms with E-state index in [9.17, 15) is 19.8 Å². The topological polar surface area (TPSA) is 74.6 Å². The third-order valence-electron chi connectivity index (χ3n) is 3.34. The minimum absolute atomic E-state index is 0.0176. The van der Waals surface area contributed by atoms with Crippen LogP contribution in [-0.4, -0.2) is 22.2 Å². The van der Waals surface area contributed by atoms with Crippen LogP contribution in [0, 0.1) is 6.92 Å². The molecule has 6 heteroatoms. The first-order valence-corrected chi connectivity index (χ1v) is 7.10. The van der Waals surface area contributed by atoms with Crippen LogP contribution in [0.15, 0.2) is 30.3 Å². The molecule has 0 spiro atoms. The molecule has 0 bridgehead atoms. The maximum absolute atomic E-state index is 11.5. The lowest BCUT2D eigenvalue weighted by Gasteiger charge is -2.13. The third kappa shape index (κ3) is 3.24. The van der Waals surface area contributed by atoms with E-state index in [1.807, 2.05) is 0 Å². The summed E-state index contributed by atoms with van der Waals surface area (Å²) in [4.78, 5) is 22.9. The van der Waals surface area contributed by atoms with Gasteiger partial charge in [-0.3, -0.25) is 0 Å². The first kappa shape index (κ1) is 16.3. The van der Waals surface area contributed by atoms with Gasteiger partial charge in [0.05, 0.1) is 11.1 Å². The smallest absolute Gasteiger partial charge is 0.336 e. The Morgan fingerprint density at radius 3 is 2.32 bits per heavy atom. The molecule has 0 saturated carbocycles. The van der Waals surface area contributed by atoms with Crippen LogP contribution in [0.5, 0.6) is 0 Å². The lowest BCUT2D eigenvalue weighted by Crippen LogP contribution is -2.12. The molecule has 0 fully saturated rings. The maximum Gasteiger partial charge on any atom is 0.336 e. The monoisotopic (exact) mass is 338 g/mol. The summed E-state index contributed by atoms with van der Waals surface area (Å²) in [6.45, 7) is 1.62. The Morgan fingerprint density at radius 1 is 1.05 bits per heavy atom. The minimum Gasteiger partial charge on any atom is -0.478 e. The van der Waals surface area contributed by atoms with Gasteiger partial charge in [-0.05, 0) is 47.9 Å². The number of aryl methyl sites for hydroxylation is 1. The van der Waals surface area contributed by atoms with Crippen LogP contribution in [0.25, 0.3) is 0 Å². The second kappa shape index (κ2) is 6.38. The molecule has 0 saturated heterocycles. The Labute approximate surface area is 136 Å². The van der Waals surface area contributed by atoms with Crippen molar-refractivity contribution < 1.29 is 19.8 Å². The molecule has 114 valence electrons. The van der Waals surface area contributed by atoms with E-state index in [-0.39, 0.29) is 23.1 Å². The number of hydrogen-bond donors (Lipinski definition) is 2. The van der Waals surface area contributed by atoms with Gasteiger partial charge in [0.1, 0.15) is 0 Å². The zero-order valence-corrected chi connectivity index (χ0v) is 13.1. The Hall–Kier alpha value is -2.04. The molecule has 0 heterocycles. The van der Waals surface area contributed by atoms with Crippen LogP contribution in [-0.2, 0) is 6.42 Å². The van der Waals surface area contributed by atoms with E-state index >= 15 is 0 Å². The number of hydrogen-bond acceptors (Lipinski definition) is 2. The fourth-order valence-corrected chi connectivity index (χ4v) is 2.69. The fraction of sp³-hybridized carbons (Fsp3) is 0.125. The standard InChI is InChI=1S/C16H12Cl2O4/c1-8-2-4-11(15(19)20)12(14(8)16(21)22)7-9-6-10(17)3-5-13(9)18/h2-6H,7H2,1H3,(H,19,20)(H,21,22). The first-order chi connectivity index (χ1) is 10.3. The molecule has 22 heavy (non-hydrogen) atoms. The molecule has 0 atom stereocenters. The predicted octanol–water partition coefficient (Wildman–Crippen LogP) is 4.29. The highest BCUT2D eigenvalue weighted by Gasteiger charge is 2.21. The summed E-state index contributed by atoms with van der Waals surface area (Å²) in [5.41, 5.74) is 1.20. The van der Waals surface area contributed by atoms with Crippen LogP contribution in [0.3, 0.4) is 0 Å². The quantitative estimate of drug-likeness (QED) is 0.871. The van der Waals surface area contributed by atoms with E-state index in [2.05, 4.69) is 0 Å². The van der Waals surface area contributed by atoms with Gasteiger partial charge in [0.2, 0.25) is 0 Å². The Balaban J connectivity index is 2.66. The molecule has 0 aliphatic heterocycles. The van der Waals surface area contributed by atoms with Gasteiger partial charge in [-0.25, -0.2) is 9.59 Å². The number of aromatic carboxylic acids is 2. The number of carboxylic acids is 2. The van der Waals surface area contributed by atoms with Gasteiger partial charge in [-0.15, -0.1) is 0 Å². The van der Waals surface area contributed by atoms with Gasteiger partial charge in [0.25, 0.3) is 0 Å². The zero-order valence-electron chi connectivity index (χ0n) is 11.6. The van der Waals surface area contributed by atoms with Gasteiger partial charge < -0.3 is 10.2 Å². The average Bonchev–Trinajstić information content (AvgIpc) is 2.42. The summed E-state index contributed by atoms with van der Waals surface area (Å²) < 4.78 is 0. The molecular weight excluding hydrogens is 327 g/mol. The van der Waals surface area contributed by atoms with Crippen molar-refractivity contribution in [3.8, 4) is 0 Å². The zero-order chi connectivity index (χ0) is 16.4. The largest absolute Gasteiger partial charge is 0.478 e. The van der Waals surface area contributed by atoms with E-state index in [0.29, 0.717) is 21.2 Å². The molecule has 0 amide bonds. The molecule has 0 radical (unpaired) electrons. The van der Waals surface area contributed by atoms with Crippen molar-refractivity contribution in [2.45, 2.75) is 13.3 Å². The number of halogens is 2. The van der Waals surface area contributed by atoms with Crippen molar-refractivity contribution in [2.75, 3.05) is 0 Å². The van der Waals surface area contributed by atoms with Gasteiger partial charge in [-0.2, -0.15) is 0 Å². The van der Waals surface area contributed by atoms with Crippen LogP contribution in [0.4, 0.5) is 0 Å². The summed E-state index contributed by atoms with van der Waals surface area (Å²) in [5, 5.41) is 19.6. The van der Waals surface area contributed by atoms with Crippen LogP contribution < -0.4 is 0 Å². The molecular formula is C16H12Cl2O4. The molecule has 2 N–H and O–H groups in total. The summed E-state index contributed by atoms with van der Waals surface area (Å²) in [7, 11) is 0. The molecule has 0 aliphatic carbocycles. The molecule has 0 unspecified atom stereocenters. The SMILES string of the molecule is Cc1ccc(C(=O)O)c(Cc2cc(Cl)ccc2Cl)c1C(=O)O. The van der Waals surface area contributed by atoms with Gasteiger partial charge in [0.15, 0.2) is 0 Å². The van der Waals surface area contributed by atoms with Crippen molar-refractivity contribution in [3.63, 3.8) is 0 Å². The van der Waals surface area contributed by atoms with Crippen LogP contribution in [0.1, 0.15) is 37.4 Å².